The van der Waals surface area contributed by atoms with Crippen molar-refractivity contribution >= 4 is 11.8 Å². The lowest BCUT2D eigenvalue weighted by molar-refractivity contribution is -0.133. The summed E-state index contributed by atoms with van der Waals surface area (Å²) in [6.07, 6.45) is 5.89. The Kier molecular flexibility index (Phi) is 7.23. The number of rotatable bonds is 7. The third-order valence-electron chi connectivity index (χ3n) is 6.11. The molecule has 2 aromatic carbocycles. The van der Waals surface area contributed by atoms with E-state index >= 15 is 0 Å². The molecule has 0 radical (unpaired) electrons. The van der Waals surface area contributed by atoms with Crippen LogP contribution < -0.4 is 5.32 Å². The van der Waals surface area contributed by atoms with Crippen LogP contribution in [0.5, 0.6) is 0 Å². The fourth-order valence-corrected chi connectivity index (χ4v) is 4.32. The van der Waals surface area contributed by atoms with Gasteiger partial charge in [-0.3, -0.25) is 14.3 Å². The maximum atomic E-state index is 13.1. The van der Waals surface area contributed by atoms with Crippen LogP contribution in [0.2, 0.25) is 0 Å². The van der Waals surface area contributed by atoms with E-state index in [4.69, 9.17) is 0 Å². The molecule has 0 atom stereocenters. The third-order valence-corrected chi connectivity index (χ3v) is 6.11. The number of piperidine rings is 1. The number of carbonyl (C=O) groups excluding carboxylic acids is 2. The summed E-state index contributed by atoms with van der Waals surface area (Å²) in [4.78, 5) is 27.4. The second kappa shape index (κ2) is 10.5. The number of aromatic nitrogens is 2. The largest absolute Gasteiger partial charge is 0.349 e. The molecule has 1 saturated heterocycles. The maximum Gasteiger partial charge on any atom is 0.252 e. The van der Waals surface area contributed by atoms with E-state index in [-0.39, 0.29) is 17.9 Å². The van der Waals surface area contributed by atoms with Gasteiger partial charge in [-0.2, -0.15) is 5.10 Å². The molecular weight excluding hydrogens is 412 g/mol. The number of carbonyl (C=O) groups is 2. The number of likely N-dealkylation sites (tertiary alicyclic amines) is 1. The van der Waals surface area contributed by atoms with E-state index in [1.165, 1.54) is 0 Å². The summed E-state index contributed by atoms with van der Waals surface area (Å²) >= 11 is 0. The first-order valence-corrected chi connectivity index (χ1v) is 11.7. The van der Waals surface area contributed by atoms with E-state index in [1.807, 2.05) is 46.1 Å². The minimum atomic E-state index is -0.0572. The normalized spacial score (nSPS) is 14.5. The molecule has 1 aromatic heterocycles. The SMILES string of the molecule is CC(C)CC(=O)N1CCC(NC(=O)c2ccccc2-c2ccc(Cn3cccn3)cc2)CC1. The summed E-state index contributed by atoms with van der Waals surface area (Å²) < 4.78 is 1.89. The highest BCUT2D eigenvalue weighted by Crippen LogP contribution is 2.25. The Morgan fingerprint density at radius 1 is 1.03 bits per heavy atom. The molecule has 1 aliphatic heterocycles. The van der Waals surface area contributed by atoms with Gasteiger partial charge in [-0.1, -0.05) is 56.3 Å². The van der Waals surface area contributed by atoms with Gasteiger partial charge in [0.1, 0.15) is 0 Å². The van der Waals surface area contributed by atoms with Crippen molar-refractivity contribution in [3.63, 3.8) is 0 Å². The van der Waals surface area contributed by atoms with Gasteiger partial charge >= 0.3 is 0 Å². The molecule has 4 rings (SSSR count). The molecule has 0 bridgehead atoms. The molecule has 0 aliphatic carbocycles. The molecule has 1 N–H and O–H groups in total. The van der Waals surface area contributed by atoms with Gasteiger partial charge in [-0.25, -0.2) is 0 Å². The average molecular weight is 445 g/mol. The fourth-order valence-electron chi connectivity index (χ4n) is 4.32. The number of benzene rings is 2. The first-order valence-electron chi connectivity index (χ1n) is 11.7. The van der Waals surface area contributed by atoms with Crippen molar-refractivity contribution in [2.45, 2.75) is 45.7 Å². The number of amides is 2. The van der Waals surface area contributed by atoms with Crippen molar-refractivity contribution in [1.29, 1.82) is 0 Å². The number of nitrogens with zero attached hydrogens (tertiary/aromatic N) is 3. The highest BCUT2D eigenvalue weighted by Gasteiger charge is 2.25. The van der Waals surface area contributed by atoms with Gasteiger partial charge in [-0.15, -0.1) is 0 Å². The Labute approximate surface area is 195 Å². The summed E-state index contributed by atoms with van der Waals surface area (Å²) in [5.74, 6) is 0.528. The minimum absolute atomic E-state index is 0.0572. The van der Waals surface area contributed by atoms with E-state index in [1.54, 1.807) is 6.20 Å². The van der Waals surface area contributed by atoms with Crippen LogP contribution in [0.3, 0.4) is 0 Å². The summed E-state index contributed by atoms with van der Waals surface area (Å²) in [6, 6.07) is 18.0. The lowest BCUT2D eigenvalue weighted by atomic mass is 9.97. The Hall–Kier alpha value is -3.41. The van der Waals surface area contributed by atoms with Crippen LogP contribution in [-0.2, 0) is 11.3 Å². The molecular formula is C27H32N4O2. The Bertz CT molecular complexity index is 1070. The molecule has 172 valence electrons. The minimum Gasteiger partial charge on any atom is -0.349 e. The molecule has 0 spiro atoms. The number of hydrogen-bond donors (Lipinski definition) is 1. The van der Waals surface area contributed by atoms with Crippen LogP contribution in [0.4, 0.5) is 0 Å². The molecule has 0 unspecified atom stereocenters. The monoisotopic (exact) mass is 444 g/mol. The van der Waals surface area contributed by atoms with Gasteiger partial charge in [0.25, 0.3) is 5.91 Å². The van der Waals surface area contributed by atoms with E-state index in [0.29, 0.717) is 37.5 Å². The van der Waals surface area contributed by atoms with Gasteiger partial charge in [-0.05, 0) is 47.6 Å². The fraction of sp³-hybridized carbons (Fsp3) is 0.370. The zero-order valence-corrected chi connectivity index (χ0v) is 19.4. The molecule has 6 nitrogen and oxygen atoms in total. The first-order chi connectivity index (χ1) is 16.0. The van der Waals surface area contributed by atoms with Crippen LogP contribution in [0, 0.1) is 5.92 Å². The summed E-state index contributed by atoms with van der Waals surface area (Å²) in [5, 5.41) is 7.45. The van der Waals surface area contributed by atoms with Gasteiger partial charge in [0.05, 0.1) is 6.54 Å². The number of hydrogen-bond acceptors (Lipinski definition) is 3. The molecule has 2 amide bonds. The average Bonchev–Trinajstić information content (AvgIpc) is 3.33. The van der Waals surface area contributed by atoms with Crippen molar-refractivity contribution in [3.05, 3.63) is 78.1 Å². The predicted octanol–water partition coefficient (Wildman–Crippen LogP) is 4.37. The second-order valence-corrected chi connectivity index (χ2v) is 9.17. The van der Waals surface area contributed by atoms with Crippen LogP contribution in [-0.4, -0.2) is 45.6 Å². The van der Waals surface area contributed by atoms with E-state index < -0.39 is 0 Å². The standard InChI is InChI=1S/C27H32N4O2/c1-20(2)18-26(32)30-16-12-23(13-17-30)29-27(33)25-7-4-3-6-24(25)22-10-8-21(9-11-22)19-31-15-5-14-28-31/h3-11,14-15,20,23H,12-13,16-19H2,1-2H3,(H,29,33). The van der Waals surface area contributed by atoms with Crippen molar-refractivity contribution in [3.8, 4) is 11.1 Å². The molecule has 0 saturated carbocycles. The lowest BCUT2D eigenvalue weighted by Crippen LogP contribution is -2.46. The van der Waals surface area contributed by atoms with Crippen molar-refractivity contribution in [2.75, 3.05) is 13.1 Å². The third kappa shape index (κ3) is 5.89. The van der Waals surface area contributed by atoms with Gasteiger partial charge in [0.2, 0.25) is 5.91 Å². The van der Waals surface area contributed by atoms with E-state index in [0.717, 1.165) is 29.5 Å². The Morgan fingerprint density at radius 3 is 2.42 bits per heavy atom. The van der Waals surface area contributed by atoms with Crippen LogP contribution >= 0.6 is 0 Å². The maximum absolute atomic E-state index is 13.1. The topological polar surface area (TPSA) is 67.2 Å². The molecule has 33 heavy (non-hydrogen) atoms. The van der Waals surface area contributed by atoms with E-state index in [2.05, 4.69) is 48.5 Å². The zero-order valence-electron chi connectivity index (χ0n) is 19.4. The lowest BCUT2D eigenvalue weighted by Gasteiger charge is -2.33. The van der Waals surface area contributed by atoms with Gasteiger partial charge in [0, 0.05) is 43.5 Å². The Balaban J connectivity index is 1.39. The second-order valence-electron chi connectivity index (χ2n) is 9.17. The molecule has 2 heterocycles. The van der Waals surface area contributed by atoms with Crippen LogP contribution in [0.15, 0.2) is 67.0 Å². The predicted molar refractivity (Wildman–Crippen MR) is 130 cm³/mol. The van der Waals surface area contributed by atoms with Crippen molar-refractivity contribution in [1.82, 2.24) is 20.0 Å². The van der Waals surface area contributed by atoms with E-state index in [9.17, 15) is 9.59 Å². The first kappa shape index (κ1) is 22.8. The number of nitrogens with one attached hydrogen (secondary N) is 1. The summed E-state index contributed by atoms with van der Waals surface area (Å²) in [5.41, 5.74) is 3.77. The molecule has 1 aliphatic rings. The zero-order chi connectivity index (χ0) is 23.2. The highest BCUT2D eigenvalue weighted by atomic mass is 16.2. The van der Waals surface area contributed by atoms with Crippen LogP contribution in [0.25, 0.3) is 11.1 Å². The van der Waals surface area contributed by atoms with Gasteiger partial charge in [0.15, 0.2) is 0 Å². The van der Waals surface area contributed by atoms with Gasteiger partial charge < -0.3 is 10.2 Å². The summed E-state index contributed by atoms with van der Waals surface area (Å²) in [6.45, 7) is 6.25. The molecule has 6 heteroatoms. The smallest absolute Gasteiger partial charge is 0.252 e. The van der Waals surface area contributed by atoms with Crippen molar-refractivity contribution < 1.29 is 9.59 Å². The quantitative estimate of drug-likeness (QED) is 0.589. The highest BCUT2D eigenvalue weighted by molar-refractivity contribution is 6.01. The van der Waals surface area contributed by atoms with Crippen molar-refractivity contribution in [2.24, 2.45) is 5.92 Å². The van der Waals surface area contributed by atoms with Crippen LogP contribution in [0.1, 0.15) is 49.0 Å². The molecule has 3 aromatic rings. The summed E-state index contributed by atoms with van der Waals surface area (Å²) in [7, 11) is 0. The molecule has 1 fully saturated rings. The Morgan fingerprint density at radius 2 is 1.76 bits per heavy atom.